The lowest BCUT2D eigenvalue weighted by Crippen LogP contribution is -2.33. The zero-order valence-electron chi connectivity index (χ0n) is 23.5. The SMILES string of the molecule is CNC(=O)c1nnn([C@@H]2O[C@H](Cn3c(-c4ccc(N)cc4)nc4ccccc43)[C@H]3OC(C)(C)OC23)c1-c1ccccc1. The van der Waals surface area contributed by atoms with Crippen LogP contribution in [0.4, 0.5) is 5.69 Å². The number of para-hydroxylation sites is 2. The lowest BCUT2D eigenvalue weighted by atomic mass is 10.1. The average molecular weight is 566 g/mol. The number of imidazole rings is 1. The van der Waals surface area contributed by atoms with E-state index < -0.39 is 30.3 Å². The second kappa shape index (κ2) is 10.1. The monoisotopic (exact) mass is 565 g/mol. The molecule has 7 rings (SSSR count). The van der Waals surface area contributed by atoms with Crippen molar-refractivity contribution < 1.29 is 19.0 Å². The Balaban J connectivity index is 1.31. The first-order valence-electron chi connectivity index (χ1n) is 13.9. The van der Waals surface area contributed by atoms with Crippen molar-refractivity contribution >= 4 is 22.6 Å². The van der Waals surface area contributed by atoms with Gasteiger partial charge in [-0.3, -0.25) is 4.79 Å². The molecule has 3 aromatic carbocycles. The Morgan fingerprint density at radius 1 is 0.952 bits per heavy atom. The predicted octanol–water partition coefficient (Wildman–Crippen LogP) is 4.02. The molecule has 3 N–H and O–H groups in total. The summed E-state index contributed by atoms with van der Waals surface area (Å²) < 4.78 is 23.4. The summed E-state index contributed by atoms with van der Waals surface area (Å²) in [5, 5.41) is 11.3. The number of amides is 1. The lowest BCUT2D eigenvalue weighted by molar-refractivity contribution is -0.199. The van der Waals surface area contributed by atoms with Crippen molar-refractivity contribution in [1.29, 1.82) is 0 Å². The number of hydrogen-bond donors (Lipinski definition) is 2. The third-order valence-electron chi connectivity index (χ3n) is 7.74. The summed E-state index contributed by atoms with van der Waals surface area (Å²) in [6.07, 6.45) is -2.04. The van der Waals surface area contributed by atoms with Crippen LogP contribution in [0.1, 0.15) is 30.6 Å². The van der Waals surface area contributed by atoms with Crippen LogP contribution in [0.15, 0.2) is 78.9 Å². The minimum Gasteiger partial charge on any atom is -0.399 e. The molecule has 2 aliphatic heterocycles. The summed E-state index contributed by atoms with van der Waals surface area (Å²) in [5.74, 6) is -0.387. The molecule has 2 aromatic heterocycles. The van der Waals surface area contributed by atoms with Crippen molar-refractivity contribution in [2.24, 2.45) is 0 Å². The standard InChI is InChI=1S/C31H31N7O4/c1-31(2)41-26-23(17-37-22-12-8-7-11-21(22)34-28(37)19-13-15-20(32)16-14-19)40-30(27(26)42-31)38-25(18-9-5-4-6-10-18)24(35-36-38)29(39)33-3/h4-16,23,26-27,30H,17,32H2,1-3H3,(H,33,39)/t23-,26-,27?,30-/m1/s1. The first-order valence-corrected chi connectivity index (χ1v) is 13.9. The van der Waals surface area contributed by atoms with Crippen molar-refractivity contribution in [2.75, 3.05) is 12.8 Å². The Hall–Kier alpha value is -4.58. The van der Waals surface area contributed by atoms with Gasteiger partial charge < -0.3 is 29.8 Å². The highest BCUT2D eigenvalue weighted by atomic mass is 16.8. The van der Waals surface area contributed by atoms with Crippen molar-refractivity contribution in [1.82, 2.24) is 29.9 Å². The minimum absolute atomic E-state index is 0.205. The van der Waals surface area contributed by atoms with Gasteiger partial charge in [0.15, 0.2) is 17.7 Å². The Morgan fingerprint density at radius 2 is 1.67 bits per heavy atom. The fraction of sp³-hybridized carbons (Fsp3) is 0.290. The number of benzene rings is 3. The molecule has 11 heteroatoms. The zero-order valence-corrected chi connectivity index (χ0v) is 23.5. The molecule has 214 valence electrons. The maximum Gasteiger partial charge on any atom is 0.273 e. The highest BCUT2D eigenvalue weighted by molar-refractivity contribution is 5.97. The molecule has 0 radical (unpaired) electrons. The molecule has 5 aromatic rings. The van der Waals surface area contributed by atoms with Gasteiger partial charge in [-0.05, 0) is 50.2 Å². The molecule has 0 saturated carbocycles. The van der Waals surface area contributed by atoms with Crippen LogP contribution in [0.2, 0.25) is 0 Å². The molecule has 4 heterocycles. The maximum absolute atomic E-state index is 12.8. The van der Waals surface area contributed by atoms with Crippen molar-refractivity contribution in [3.05, 3.63) is 84.6 Å². The number of aromatic nitrogens is 5. The number of carbonyl (C=O) groups excluding carboxylic acids is 1. The van der Waals surface area contributed by atoms with Gasteiger partial charge in [0.1, 0.15) is 29.8 Å². The molecule has 1 unspecified atom stereocenters. The number of nitrogen functional groups attached to an aromatic ring is 1. The van der Waals surface area contributed by atoms with Crippen LogP contribution < -0.4 is 11.1 Å². The van der Waals surface area contributed by atoms with E-state index in [-0.39, 0.29) is 11.6 Å². The highest BCUT2D eigenvalue weighted by Crippen LogP contribution is 2.45. The number of ether oxygens (including phenoxy) is 3. The third-order valence-corrected chi connectivity index (χ3v) is 7.74. The van der Waals surface area contributed by atoms with Crippen LogP contribution in [-0.4, -0.2) is 61.6 Å². The number of carbonyl (C=O) groups is 1. The summed E-state index contributed by atoms with van der Waals surface area (Å²) in [6.45, 7) is 4.22. The fourth-order valence-corrected chi connectivity index (χ4v) is 5.90. The molecule has 42 heavy (non-hydrogen) atoms. The Bertz CT molecular complexity index is 1760. The van der Waals surface area contributed by atoms with Crippen LogP contribution in [0, 0.1) is 0 Å². The molecule has 0 aliphatic carbocycles. The van der Waals surface area contributed by atoms with Crippen molar-refractivity contribution in [3.63, 3.8) is 0 Å². The summed E-state index contributed by atoms with van der Waals surface area (Å²) in [7, 11) is 1.57. The third kappa shape index (κ3) is 4.42. The number of nitrogens with one attached hydrogen (secondary N) is 1. The van der Waals surface area contributed by atoms with E-state index >= 15 is 0 Å². The Morgan fingerprint density at radius 3 is 2.43 bits per heavy atom. The van der Waals surface area contributed by atoms with E-state index in [4.69, 9.17) is 24.9 Å². The topological polar surface area (TPSA) is 131 Å². The van der Waals surface area contributed by atoms with Gasteiger partial charge in [-0.25, -0.2) is 9.67 Å². The number of hydrogen-bond acceptors (Lipinski definition) is 8. The summed E-state index contributed by atoms with van der Waals surface area (Å²) >= 11 is 0. The molecule has 2 saturated heterocycles. The van der Waals surface area contributed by atoms with Gasteiger partial charge in [-0.15, -0.1) is 5.10 Å². The van der Waals surface area contributed by atoms with Gasteiger partial charge in [0, 0.05) is 23.9 Å². The van der Waals surface area contributed by atoms with E-state index in [1.165, 1.54) is 0 Å². The second-order valence-electron chi connectivity index (χ2n) is 11.0. The number of rotatable bonds is 6. The second-order valence-corrected chi connectivity index (χ2v) is 11.0. The molecular formula is C31H31N7O4. The number of nitrogens with zero attached hydrogens (tertiary/aromatic N) is 5. The first kappa shape index (κ1) is 26.3. The molecule has 0 spiro atoms. The van der Waals surface area contributed by atoms with Gasteiger partial charge >= 0.3 is 0 Å². The molecular weight excluding hydrogens is 534 g/mol. The minimum atomic E-state index is -0.844. The van der Waals surface area contributed by atoms with Gasteiger partial charge in [-0.1, -0.05) is 47.7 Å². The van der Waals surface area contributed by atoms with Gasteiger partial charge in [0.05, 0.1) is 17.6 Å². The van der Waals surface area contributed by atoms with E-state index in [0.29, 0.717) is 17.9 Å². The van der Waals surface area contributed by atoms with Crippen molar-refractivity contribution in [3.8, 4) is 22.6 Å². The highest BCUT2D eigenvalue weighted by Gasteiger charge is 2.57. The van der Waals surface area contributed by atoms with Gasteiger partial charge in [-0.2, -0.15) is 0 Å². The van der Waals surface area contributed by atoms with E-state index in [1.807, 2.05) is 92.7 Å². The quantitative estimate of drug-likeness (QED) is 0.295. The normalized spacial score (nSPS) is 22.8. The predicted molar refractivity (Wildman–Crippen MR) is 156 cm³/mol. The van der Waals surface area contributed by atoms with Crippen LogP contribution in [0.3, 0.4) is 0 Å². The van der Waals surface area contributed by atoms with E-state index in [1.54, 1.807) is 11.7 Å². The van der Waals surface area contributed by atoms with Crippen LogP contribution in [0.25, 0.3) is 33.7 Å². The lowest BCUT2D eigenvalue weighted by Gasteiger charge is -2.25. The van der Waals surface area contributed by atoms with Crippen LogP contribution in [-0.2, 0) is 20.8 Å². The summed E-state index contributed by atoms with van der Waals surface area (Å²) in [5.41, 5.74) is 11.0. The van der Waals surface area contributed by atoms with Crippen LogP contribution >= 0.6 is 0 Å². The van der Waals surface area contributed by atoms with Gasteiger partial charge in [0.25, 0.3) is 5.91 Å². The largest absolute Gasteiger partial charge is 0.399 e. The first-order chi connectivity index (χ1) is 20.3. The number of fused-ring (bicyclic) bond motifs is 2. The van der Waals surface area contributed by atoms with E-state index in [2.05, 4.69) is 20.2 Å². The molecule has 11 nitrogen and oxygen atoms in total. The number of nitrogens with two attached hydrogens (primary N) is 1. The molecule has 1 amide bonds. The van der Waals surface area contributed by atoms with E-state index in [0.717, 1.165) is 28.0 Å². The smallest absolute Gasteiger partial charge is 0.273 e. The maximum atomic E-state index is 12.8. The zero-order chi connectivity index (χ0) is 29.0. The Kier molecular flexibility index (Phi) is 6.30. The molecule has 2 aliphatic rings. The van der Waals surface area contributed by atoms with E-state index in [9.17, 15) is 4.79 Å². The van der Waals surface area contributed by atoms with Gasteiger partial charge in [0.2, 0.25) is 0 Å². The Labute approximate surface area is 242 Å². The molecule has 4 atom stereocenters. The molecule has 0 bridgehead atoms. The van der Waals surface area contributed by atoms with Crippen LogP contribution in [0.5, 0.6) is 0 Å². The summed E-state index contributed by atoms with van der Waals surface area (Å²) in [4.78, 5) is 17.8. The number of anilines is 1. The average Bonchev–Trinajstić information content (AvgIpc) is 3.74. The fourth-order valence-electron chi connectivity index (χ4n) is 5.90. The molecule has 2 fully saturated rings. The summed E-state index contributed by atoms with van der Waals surface area (Å²) in [6, 6.07) is 25.2. The van der Waals surface area contributed by atoms with Crippen molar-refractivity contribution in [2.45, 2.75) is 50.7 Å².